The molecule has 1 unspecified atom stereocenters. The topological polar surface area (TPSA) is 29.9 Å². The Kier molecular flexibility index (Phi) is 5.64. The molecule has 1 heterocycles. The lowest BCUT2D eigenvalue weighted by molar-refractivity contribution is 0.511. The van der Waals surface area contributed by atoms with Crippen LogP contribution in [0.25, 0.3) is 0 Å². The lowest BCUT2D eigenvalue weighted by Gasteiger charge is -2.17. The van der Waals surface area contributed by atoms with Gasteiger partial charge in [-0.25, -0.2) is 0 Å². The molecule has 0 saturated carbocycles. The van der Waals surface area contributed by atoms with E-state index in [1.54, 1.807) is 0 Å². The maximum atomic E-state index is 6.32. The average molecular weight is 357 g/mol. The molecule has 0 amide bonds. The Labute approximate surface area is 133 Å². The zero-order valence-corrected chi connectivity index (χ0v) is 14.1. The molecular formula is C15H19BrClN3. The first kappa shape index (κ1) is 15.5. The number of aromatic nitrogens is 2. The van der Waals surface area contributed by atoms with Crippen LogP contribution in [-0.4, -0.2) is 16.3 Å². The van der Waals surface area contributed by atoms with Gasteiger partial charge in [0.25, 0.3) is 0 Å². The largest absolute Gasteiger partial charge is 0.308 e. The fourth-order valence-corrected chi connectivity index (χ4v) is 2.88. The van der Waals surface area contributed by atoms with Gasteiger partial charge in [0, 0.05) is 22.7 Å². The van der Waals surface area contributed by atoms with Crippen molar-refractivity contribution in [3.8, 4) is 0 Å². The van der Waals surface area contributed by atoms with Crippen LogP contribution < -0.4 is 5.32 Å². The Balaban J connectivity index is 2.18. The zero-order chi connectivity index (χ0) is 14.5. The minimum Gasteiger partial charge on any atom is -0.308 e. The van der Waals surface area contributed by atoms with E-state index < -0.39 is 0 Å². The Bertz CT molecular complexity index is 568. The van der Waals surface area contributed by atoms with Gasteiger partial charge >= 0.3 is 0 Å². The highest BCUT2D eigenvalue weighted by molar-refractivity contribution is 9.10. The van der Waals surface area contributed by atoms with E-state index >= 15 is 0 Å². The molecule has 3 nitrogen and oxygen atoms in total. The standard InChI is InChI=1S/C15H19BrClN3/c1-3-7-18-15(14-6-8-20(2)19-14)9-11-4-5-12(16)10-13(11)17/h4-6,8,10,15,18H,3,7,9H2,1-2H3. The molecule has 1 aromatic heterocycles. The van der Waals surface area contributed by atoms with E-state index in [1.165, 1.54) is 0 Å². The number of rotatable bonds is 6. The maximum Gasteiger partial charge on any atom is 0.0797 e. The highest BCUT2D eigenvalue weighted by atomic mass is 79.9. The molecule has 1 N–H and O–H groups in total. The number of nitrogens with one attached hydrogen (secondary N) is 1. The molecule has 20 heavy (non-hydrogen) atoms. The van der Waals surface area contributed by atoms with Gasteiger partial charge in [0.1, 0.15) is 0 Å². The zero-order valence-electron chi connectivity index (χ0n) is 11.7. The van der Waals surface area contributed by atoms with Crippen LogP contribution in [0.1, 0.15) is 30.6 Å². The summed E-state index contributed by atoms with van der Waals surface area (Å²) < 4.78 is 2.83. The van der Waals surface area contributed by atoms with Crippen molar-refractivity contribution >= 4 is 27.5 Å². The Hall–Kier alpha value is -0.840. The van der Waals surface area contributed by atoms with Crippen LogP contribution in [-0.2, 0) is 13.5 Å². The van der Waals surface area contributed by atoms with Gasteiger partial charge in [-0.2, -0.15) is 5.10 Å². The molecule has 1 atom stereocenters. The Morgan fingerprint density at radius 1 is 1.40 bits per heavy atom. The first-order valence-electron chi connectivity index (χ1n) is 6.77. The van der Waals surface area contributed by atoms with Crippen LogP contribution in [0.15, 0.2) is 34.9 Å². The number of nitrogens with zero attached hydrogens (tertiary/aromatic N) is 2. The predicted octanol–water partition coefficient (Wildman–Crippen LogP) is 4.12. The van der Waals surface area contributed by atoms with Crippen molar-refractivity contribution in [2.24, 2.45) is 7.05 Å². The molecule has 0 fully saturated rings. The SMILES string of the molecule is CCCNC(Cc1ccc(Br)cc1Cl)c1ccn(C)n1. The van der Waals surface area contributed by atoms with E-state index in [-0.39, 0.29) is 6.04 Å². The van der Waals surface area contributed by atoms with Crippen LogP contribution in [0, 0.1) is 0 Å². The van der Waals surface area contributed by atoms with E-state index in [0.29, 0.717) is 0 Å². The number of benzene rings is 1. The summed E-state index contributed by atoms with van der Waals surface area (Å²) in [4.78, 5) is 0. The van der Waals surface area contributed by atoms with E-state index in [0.717, 1.165) is 40.1 Å². The smallest absolute Gasteiger partial charge is 0.0797 e. The molecule has 0 bridgehead atoms. The molecule has 108 valence electrons. The molecule has 5 heteroatoms. The lowest BCUT2D eigenvalue weighted by Crippen LogP contribution is -2.24. The van der Waals surface area contributed by atoms with Crippen molar-refractivity contribution in [3.05, 3.63) is 51.2 Å². The molecular weight excluding hydrogens is 338 g/mol. The van der Waals surface area contributed by atoms with Crippen molar-refractivity contribution in [2.45, 2.75) is 25.8 Å². The van der Waals surface area contributed by atoms with Crippen LogP contribution in [0.5, 0.6) is 0 Å². The summed E-state index contributed by atoms with van der Waals surface area (Å²) in [5, 5.41) is 8.84. The molecule has 0 spiro atoms. The second-order valence-electron chi connectivity index (χ2n) is 4.86. The summed E-state index contributed by atoms with van der Waals surface area (Å²) in [6.45, 7) is 3.13. The predicted molar refractivity (Wildman–Crippen MR) is 87.1 cm³/mol. The van der Waals surface area contributed by atoms with Gasteiger partial charge in [-0.05, 0) is 43.1 Å². The minimum atomic E-state index is 0.190. The van der Waals surface area contributed by atoms with Crippen LogP contribution >= 0.6 is 27.5 Å². The van der Waals surface area contributed by atoms with Gasteiger partial charge < -0.3 is 5.32 Å². The normalized spacial score (nSPS) is 12.6. The third-order valence-corrected chi connectivity index (χ3v) is 4.02. The summed E-state index contributed by atoms with van der Waals surface area (Å²) in [6.07, 6.45) is 3.90. The van der Waals surface area contributed by atoms with Crippen LogP contribution in [0.2, 0.25) is 5.02 Å². The van der Waals surface area contributed by atoms with Crippen molar-refractivity contribution in [1.82, 2.24) is 15.1 Å². The van der Waals surface area contributed by atoms with Crippen molar-refractivity contribution < 1.29 is 0 Å². The van der Waals surface area contributed by atoms with Crippen LogP contribution in [0.3, 0.4) is 0 Å². The van der Waals surface area contributed by atoms with Crippen molar-refractivity contribution in [3.63, 3.8) is 0 Å². The van der Waals surface area contributed by atoms with Gasteiger partial charge in [-0.3, -0.25) is 4.68 Å². The van der Waals surface area contributed by atoms with E-state index in [4.69, 9.17) is 11.6 Å². The fraction of sp³-hybridized carbons (Fsp3) is 0.400. The van der Waals surface area contributed by atoms with E-state index in [9.17, 15) is 0 Å². The summed E-state index contributed by atoms with van der Waals surface area (Å²) >= 11 is 9.75. The molecule has 2 aromatic rings. The summed E-state index contributed by atoms with van der Waals surface area (Å²) in [6, 6.07) is 8.27. The molecule has 0 aliphatic heterocycles. The van der Waals surface area contributed by atoms with Crippen molar-refractivity contribution in [1.29, 1.82) is 0 Å². The third kappa shape index (κ3) is 4.08. The quantitative estimate of drug-likeness (QED) is 0.844. The highest BCUT2D eigenvalue weighted by Gasteiger charge is 2.15. The highest BCUT2D eigenvalue weighted by Crippen LogP contribution is 2.26. The van der Waals surface area contributed by atoms with Gasteiger partial charge in [0.15, 0.2) is 0 Å². The fourth-order valence-electron chi connectivity index (χ4n) is 2.13. The first-order valence-corrected chi connectivity index (χ1v) is 7.94. The average Bonchev–Trinajstić information content (AvgIpc) is 2.83. The molecule has 0 saturated heterocycles. The first-order chi connectivity index (χ1) is 9.60. The van der Waals surface area contributed by atoms with Crippen molar-refractivity contribution in [2.75, 3.05) is 6.54 Å². The number of halogens is 2. The Morgan fingerprint density at radius 2 is 2.20 bits per heavy atom. The molecule has 0 radical (unpaired) electrons. The molecule has 0 aliphatic rings. The van der Waals surface area contributed by atoms with Gasteiger partial charge in [0.2, 0.25) is 0 Å². The number of aryl methyl sites for hydroxylation is 1. The molecule has 0 aliphatic carbocycles. The van der Waals surface area contributed by atoms with Gasteiger partial charge in [-0.15, -0.1) is 0 Å². The van der Waals surface area contributed by atoms with Gasteiger partial charge in [0.05, 0.1) is 11.7 Å². The number of hydrogen-bond acceptors (Lipinski definition) is 2. The number of hydrogen-bond donors (Lipinski definition) is 1. The summed E-state index contributed by atoms with van der Waals surface area (Å²) in [7, 11) is 1.94. The maximum absolute atomic E-state index is 6.32. The van der Waals surface area contributed by atoms with E-state index in [1.807, 2.05) is 30.1 Å². The summed E-state index contributed by atoms with van der Waals surface area (Å²) in [5.74, 6) is 0. The monoisotopic (exact) mass is 355 g/mol. The molecule has 2 rings (SSSR count). The summed E-state index contributed by atoms with van der Waals surface area (Å²) in [5.41, 5.74) is 2.19. The van der Waals surface area contributed by atoms with Gasteiger partial charge in [-0.1, -0.05) is 40.5 Å². The Morgan fingerprint density at radius 3 is 2.80 bits per heavy atom. The molecule has 1 aromatic carbocycles. The minimum absolute atomic E-state index is 0.190. The van der Waals surface area contributed by atoms with Crippen LogP contribution in [0.4, 0.5) is 0 Å². The second kappa shape index (κ2) is 7.25. The lowest BCUT2D eigenvalue weighted by atomic mass is 10.0. The third-order valence-electron chi connectivity index (χ3n) is 3.17. The van der Waals surface area contributed by atoms with E-state index in [2.05, 4.69) is 45.4 Å². The second-order valence-corrected chi connectivity index (χ2v) is 6.18.